The number of hydrogen-bond donors (Lipinski definition) is 14. The number of ether oxygens (including phenoxy) is 6. The average Bonchev–Trinajstić information content (AvgIpc) is 1.00. The molecule has 512 valence electrons. The van der Waals surface area contributed by atoms with Crippen LogP contribution >= 0.6 is 0 Å². The van der Waals surface area contributed by atoms with E-state index in [0.29, 0.717) is 19.3 Å². The minimum Gasteiger partial charge on any atom is -0.477 e. The Morgan fingerprint density at radius 2 is 1.00 bits per heavy atom. The molecule has 0 aromatic rings. The van der Waals surface area contributed by atoms with Crippen molar-refractivity contribution in [2.75, 3.05) is 26.4 Å². The fourth-order valence-corrected chi connectivity index (χ4v) is 12.1. The summed E-state index contributed by atoms with van der Waals surface area (Å²) in [6, 6.07) is -2.52. The summed E-state index contributed by atoms with van der Waals surface area (Å²) in [5, 5.41) is 136. The van der Waals surface area contributed by atoms with E-state index in [1.54, 1.807) is 0 Å². The molecule has 0 radical (unpaired) electrons. The van der Waals surface area contributed by atoms with Crippen molar-refractivity contribution in [3.63, 3.8) is 0 Å². The van der Waals surface area contributed by atoms with Gasteiger partial charge >= 0.3 is 5.97 Å². The van der Waals surface area contributed by atoms with Crippen LogP contribution in [0.3, 0.4) is 0 Å². The van der Waals surface area contributed by atoms with E-state index in [2.05, 4.69) is 24.5 Å². The average molecular weight is 1250 g/mol. The van der Waals surface area contributed by atoms with E-state index in [4.69, 9.17) is 28.4 Å². The zero-order valence-electron chi connectivity index (χ0n) is 53.1. The first kappa shape index (κ1) is 79.0. The minimum absolute atomic E-state index is 0.229. The number of carboxylic acids is 1. The van der Waals surface area contributed by atoms with E-state index in [9.17, 15) is 75.7 Å². The van der Waals surface area contributed by atoms with Gasteiger partial charge in [-0.25, -0.2) is 4.79 Å². The molecule has 3 saturated heterocycles. The van der Waals surface area contributed by atoms with Crippen LogP contribution in [0, 0.1) is 0 Å². The number of rotatable bonds is 51. The molecule has 0 aliphatic carbocycles. The van der Waals surface area contributed by atoms with Crippen molar-refractivity contribution in [1.82, 2.24) is 10.6 Å². The van der Waals surface area contributed by atoms with Crippen LogP contribution < -0.4 is 10.6 Å². The normalized spacial score (nSPS) is 29.1. The van der Waals surface area contributed by atoms with Gasteiger partial charge in [0.25, 0.3) is 5.79 Å². The van der Waals surface area contributed by atoms with Crippen LogP contribution in [0.5, 0.6) is 0 Å². The molecule has 18 unspecified atom stereocenters. The van der Waals surface area contributed by atoms with Crippen molar-refractivity contribution in [1.29, 1.82) is 0 Å². The van der Waals surface area contributed by atoms with Gasteiger partial charge in [-0.3, -0.25) is 9.59 Å². The Labute approximate surface area is 519 Å². The molecule has 23 nitrogen and oxygen atoms in total. The molecule has 3 heterocycles. The lowest BCUT2D eigenvalue weighted by atomic mass is 9.88. The number of carbonyl (C=O) groups is 3. The molecular weight excluding hydrogens is 1130 g/mol. The highest BCUT2D eigenvalue weighted by molar-refractivity contribution is 5.77. The van der Waals surface area contributed by atoms with Crippen LogP contribution in [-0.4, -0.2) is 215 Å². The van der Waals surface area contributed by atoms with Gasteiger partial charge < -0.3 is 100 Å². The van der Waals surface area contributed by atoms with Gasteiger partial charge in [-0.15, -0.1) is 0 Å². The largest absolute Gasteiger partial charge is 0.477 e. The lowest BCUT2D eigenvalue weighted by molar-refractivity contribution is -0.386. The van der Waals surface area contributed by atoms with Crippen molar-refractivity contribution in [2.24, 2.45) is 0 Å². The number of carbonyl (C=O) groups excluding carboxylic acids is 2. The highest BCUT2D eigenvalue weighted by Crippen LogP contribution is 2.39. The van der Waals surface area contributed by atoms with Crippen LogP contribution in [-0.2, 0) is 42.8 Å². The van der Waals surface area contributed by atoms with Crippen molar-refractivity contribution >= 4 is 17.8 Å². The zero-order chi connectivity index (χ0) is 64.0. The van der Waals surface area contributed by atoms with Gasteiger partial charge in [0, 0.05) is 19.8 Å². The Balaban J connectivity index is 1.61. The number of carboxylic acid groups (broad SMARTS) is 1. The Hall–Kier alpha value is -2.27. The second-order valence-electron chi connectivity index (χ2n) is 25.0. The molecule has 3 fully saturated rings. The molecular formula is C64H120N2O21. The summed E-state index contributed by atoms with van der Waals surface area (Å²) < 4.78 is 34.8. The molecule has 87 heavy (non-hydrogen) atoms. The van der Waals surface area contributed by atoms with Crippen LogP contribution in [0.1, 0.15) is 252 Å². The molecule has 0 spiro atoms. The Morgan fingerprint density at radius 3 is 1.44 bits per heavy atom. The smallest absolute Gasteiger partial charge is 0.364 e. The van der Waals surface area contributed by atoms with Gasteiger partial charge in [-0.05, 0) is 12.8 Å². The number of aliphatic hydroxyl groups is 11. The second kappa shape index (κ2) is 45.9. The first-order valence-electron chi connectivity index (χ1n) is 33.9. The summed E-state index contributed by atoms with van der Waals surface area (Å²) in [7, 11) is 0. The Bertz CT molecular complexity index is 1780. The summed E-state index contributed by atoms with van der Waals surface area (Å²) in [6.45, 7) is 2.21. The third-order valence-electron chi connectivity index (χ3n) is 17.6. The molecule has 0 aromatic heterocycles. The summed E-state index contributed by atoms with van der Waals surface area (Å²) in [6.07, 6.45) is 11.0. The quantitative estimate of drug-likeness (QED) is 0.0342. The van der Waals surface area contributed by atoms with E-state index in [0.717, 1.165) is 58.3 Å². The SMILES string of the molecule is CCCCCCCCCCCCCCCCCCCCC(O)C(COC1OC(CO)C(OC2OC(CO)C(O)C(OC3(C(=O)O)CC(O)C(NC(C)=O)C(C(O)C(O)CO)O3)C2O)C(O)C1O)NC(=O)CCCCCCCCCCCCCCCCC. The maximum atomic E-state index is 13.4. The molecule has 3 aliphatic heterocycles. The van der Waals surface area contributed by atoms with Gasteiger partial charge in [0.2, 0.25) is 11.8 Å². The fraction of sp³-hybridized carbons (Fsp3) is 0.953. The molecule has 0 saturated carbocycles. The maximum absolute atomic E-state index is 13.4. The molecule has 14 N–H and O–H groups in total. The molecule has 23 heteroatoms. The number of aliphatic carboxylic acids is 1. The lowest BCUT2D eigenvalue weighted by Crippen LogP contribution is -2.70. The van der Waals surface area contributed by atoms with Gasteiger partial charge in [0.05, 0.1) is 50.7 Å². The summed E-state index contributed by atoms with van der Waals surface area (Å²) in [5.74, 6) is -6.09. The number of unbranched alkanes of at least 4 members (excludes halogenated alkanes) is 31. The molecule has 0 bridgehead atoms. The van der Waals surface area contributed by atoms with Gasteiger partial charge in [0.1, 0.15) is 67.1 Å². The summed E-state index contributed by atoms with van der Waals surface area (Å²) in [4.78, 5) is 38.5. The van der Waals surface area contributed by atoms with Crippen LogP contribution in [0.15, 0.2) is 0 Å². The van der Waals surface area contributed by atoms with Crippen molar-refractivity contribution in [2.45, 2.75) is 362 Å². The van der Waals surface area contributed by atoms with E-state index >= 15 is 0 Å². The van der Waals surface area contributed by atoms with Gasteiger partial charge in [0.15, 0.2) is 12.6 Å². The fourth-order valence-electron chi connectivity index (χ4n) is 12.1. The minimum atomic E-state index is -3.08. The second-order valence-corrected chi connectivity index (χ2v) is 25.0. The third-order valence-corrected chi connectivity index (χ3v) is 17.6. The van der Waals surface area contributed by atoms with Crippen molar-refractivity contribution in [3.8, 4) is 0 Å². The van der Waals surface area contributed by atoms with Gasteiger partial charge in [-0.1, -0.05) is 219 Å². The summed E-state index contributed by atoms with van der Waals surface area (Å²) in [5.41, 5.74) is 0. The third kappa shape index (κ3) is 29.1. The molecule has 18 atom stereocenters. The summed E-state index contributed by atoms with van der Waals surface area (Å²) >= 11 is 0. The van der Waals surface area contributed by atoms with Crippen LogP contribution in [0.25, 0.3) is 0 Å². The zero-order valence-corrected chi connectivity index (χ0v) is 53.1. The topological polar surface area (TPSA) is 373 Å². The first-order chi connectivity index (χ1) is 41.9. The number of amides is 2. The highest BCUT2D eigenvalue weighted by Gasteiger charge is 2.60. The first-order valence-corrected chi connectivity index (χ1v) is 33.9. The highest BCUT2D eigenvalue weighted by atomic mass is 16.8. The van der Waals surface area contributed by atoms with E-state index in [1.165, 1.54) is 148 Å². The number of aliphatic hydroxyl groups excluding tert-OH is 11. The number of nitrogens with one attached hydrogen (secondary N) is 2. The van der Waals surface area contributed by atoms with E-state index in [1.807, 2.05) is 0 Å². The Morgan fingerprint density at radius 1 is 0.552 bits per heavy atom. The maximum Gasteiger partial charge on any atom is 0.364 e. The predicted molar refractivity (Wildman–Crippen MR) is 325 cm³/mol. The monoisotopic (exact) mass is 1250 g/mol. The van der Waals surface area contributed by atoms with Gasteiger partial charge in [-0.2, -0.15) is 0 Å². The van der Waals surface area contributed by atoms with Crippen LogP contribution in [0.4, 0.5) is 0 Å². The Kier molecular flexibility index (Phi) is 41.7. The number of hydrogen-bond acceptors (Lipinski definition) is 20. The molecule has 3 aliphatic rings. The van der Waals surface area contributed by atoms with Crippen LogP contribution in [0.2, 0.25) is 0 Å². The molecule has 0 aromatic carbocycles. The van der Waals surface area contributed by atoms with Crippen molar-refractivity contribution in [3.05, 3.63) is 0 Å². The molecule has 3 rings (SSSR count). The van der Waals surface area contributed by atoms with E-state index < -0.39 is 148 Å². The standard InChI is InChI=1S/C64H120N2O21/c1-4-6-8-10-12-14-16-18-20-21-22-24-25-27-29-31-33-35-37-46(71)45(66-51(74)38-36-34-32-30-28-26-23-19-17-15-13-11-9-7-5-2)43-82-61-56(78)55(77)58(50(42-69)84-61)85-62-57(79)60(54(76)49(41-68)83-62)87-64(63(80)81)39-47(72)52(65-44(3)70)59(86-64)53(75)48(73)40-67/h45-50,52-62,67-69,71-73,75-79H,4-43H2,1-3H3,(H,65,70)(H,66,74)(H,80,81). The van der Waals surface area contributed by atoms with Crippen molar-refractivity contribution < 1.29 is 104 Å². The predicted octanol–water partition coefficient (Wildman–Crippen LogP) is 5.34. The van der Waals surface area contributed by atoms with E-state index in [-0.39, 0.29) is 18.9 Å². The molecule has 2 amide bonds. The lowest BCUT2D eigenvalue weighted by Gasteiger charge is -2.50.